The van der Waals surface area contributed by atoms with E-state index in [0.717, 1.165) is 31.5 Å². The molecule has 2 atom stereocenters. The lowest BCUT2D eigenvalue weighted by molar-refractivity contribution is -0.138. The first-order valence-corrected chi connectivity index (χ1v) is 38.1. The summed E-state index contributed by atoms with van der Waals surface area (Å²) in [4.78, 5) is 22.2. The Morgan fingerprint density at radius 2 is 0.967 bits per heavy atom. The van der Waals surface area contributed by atoms with E-state index >= 15 is 0 Å². The van der Waals surface area contributed by atoms with Crippen molar-refractivity contribution in [3.8, 4) is 92.8 Å². The molecule has 32 heteroatoms. The van der Waals surface area contributed by atoms with Gasteiger partial charge in [-0.15, -0.1) is 70.1 Å². The predicted molar refractivity (Wildman–Crippen MR) is 387 cm³/mol. The summed E-state index contributed by atoms with van der Waals surface area (Å²) in [7, 11) is 6.06. The molecule has 4 aromatic carbocycles. The van der Waals surface area contributed by atoms with Crippen LogP contribution in [0.1, 0.15) is 72.3 Å². The summed E-state index contributed by atoms with van der Waals surface area (Å²) < 4.78 is 124. The number of Topliss-reactive ketones (excluding diaryl/α,β-unsaturated/α-hetero) is 1. The number of carbonyl (C=O) groups excluding carboxylic acids is 1. The van der Waals surface area contributed by atoms with Gasteiger partial charge >= 0.3 is 18.5 Å². The van der Waals surface area contributed by atoms with Crippen LogP contribution in [0.15, 0.2) is 113 Å². The van der Waals surface area contributed by atoms with Gasteiger partial charge in [-0.3, -0.25) is 4.79 Å². The monoisotopic (exact) mass is 1680 g/mol. The molecule has 0 bridgehead atoms. The summed E-state index contributed by atoms with van der Waals surface area (Å²) in [5, 5.41) is 39.5. The second kappa shape index (κ2) is 55.9. The fourth-order valence-corrected chi connectivity index (χ4v) is 7.98. The molecule has 92 heavy (non-hydrogen) atoms. The summed E-state index contributed by atoms with van der Waals surface area (Å²) >= 11 is 18.6. The van der Waals surface area contributed by atoms with Gasteiger partial charge < -0.3 is 41.4 Å². The molecular weight excluding hydrogens is 1610 g/mol. The molecule has 3 heterocycles. The van der Waals surface area contributed by atoms with Gasteiger partial charge in [0.1, 0.15) is 23.0 Å². The maximum atomic E-state index is 12.6. The molecule has 8 N–H and O–H groups in total. The van der Waals surface area contributed by atoms with E-state index in [9.17, 15) is 54.5 Å². The minimum Gasteiger partial charge on any atom is -0.507 e. The smallest absolute Gasteiger partial charge is 0.443 e. The van der Waals surface area contributed by atoms with E-state index in [1.54, 1.807) is 92.7 Å². The molecular formula is C60H69Br4F9N5O7P3S4. The SMILES string of the molecule is BrCCBr.C#CC#CC.CC#CC.CC(N)=S.FC(F)(F)c1nc(-c2ccccc2OCCBr)cs1.NCCO.O=C(CBr)c1ccccc1O.OCCCCCOc1ccccc1-c1csc(C(F)(F)F)n1.Oc1ccccc1-c1csc(C(F)(F)F)n1.PPP. The third-order valence-electron chi connectivity index (χ3n) is 9.11. The summed E-state index contributed by atoms with van der Waals surface area (Å²) in [6, 6.07) is 26.5. The Balaban J connectivity index is -0.00000104. The maximum absolute atomic E-state index is 12.6. The van der Waals surface area contributed by atoms with Crippen molar-refractivity contribution in [3.63, 3.8) is 0 Å². The number of alkyl halides is 13. The highest BCUT2D eigenvalue weighted by Crippen LogP contribution is 2.39. The number of phenols is 2. The molecule has 3 aromatic heterocycles. The lowest BCUT2D eigenvalue weighted by Gasteiger charge is -2.10. The molecule has 506 valence electrons. The Bertz CT molecular complexity index is 3270. The summed E-state index contributed by atoms with van der Waals surface area (Å²) in [5.74, 6) is 13.3. The van der Waals surface area contributed by atoms with Crippen molar-refractivity contribution in [2.24, 2.45) is 11.5 Å². The first-order chi connectivity index (χ1) is 43.6. The molecule has 0 saturated heterocycles. The highest BCUT2D eigenvalue weighted by atomic mass is 79.9. The number of thiazole rings is 3. The summed E-state index contributed by atoms with van der Waals surface area (Å²) in [5.41, 5.74) is 12.1. The minimum absolute atomic E-state index is 0.0388. The van der Waals surface area contributed by atoms with Crippen LogP contribution in [0.25, 0.3) is 33.8 Å². The fraction of sp³-hybridized carbons (Fsp3) is 0.317. The Hall–Kier alpha value is -4.33. The average molecular weight is 1680 g/mol. The van der Waals surface area contributed by atoms with E-state index < -0.39 is 33.6 Å². The Morgan fingerprint density at radius 1 is 0.609 bits per heavy atom. The number of rotatable bonds is 16. The number of unbranched alkanes of at least 4 members (excludes halogenated alkanes) is 2. The van der Waals surface area contributed by atoms with Crippen LogP contribution in [-0.2, 0) is 18.5 Å². The highest BCUT2D eigenvalue weighted by molar-refractivity contribution is 9.12. The Morgan fingerprint density at radius 3 is 1.26 bits per heavy atom. The normalized spacial score (nSPS) is 9.79. The maximum Gasteiger partial charge on any atom is 0.443 e. The minimum atomic E-state index is -4.44. The van der Waals surface area contributed by atoms with Crippen LogP contribution >= 0.6 is 136 Å². The number of aromatic nitrogens is 3. The quantitative estimate of drug-likeness (QED) is 0.0101. The molecule has 7 rings (SSSR count). The Kier molecular flexibility index (Phi) is 55.8. The lowest BCUT2D eigenvalue weighted by atomic mass is 10.1. The largest absolute Gasteiger partial charge is 0.507 e. The van der Waals surface area contributed by atoms with Crippen LogP contribution in [0.3, 0.4) is 0 Å². The predicted octanol–water partition coefficient (Wildman–Crippen LogP) is 18.4. The number of terminal acetylenes is 1. The third kappa shape index (κ3) is 43.6. The average Bonchev–Trinajstić information content (AvgIpc) is 1.90. The standard InChI is InChI=1S/C15H16F3NO2S.C12H9BrF3NOS.C10H6F3NOS.C8H7BrO2.C5H4.C4H6.C2H4Br2.C2H7NO.C2H5NS.H5P3/c16-15(17,18)14-19-12(10-22-14)11-6-2-3-7-13(11)21-9-5-1-4-8-20;13-5-6-18-10-4-2-1-3-8(10)9-7-19-11(17-9)12(14,15)16;11-10(12,13)9-14-7(5-16-9)6-3-1-2-4-8(6)15;9-5-8(11)6-3-1-2-4-7(6)10;1-3-5-4-2;1-3-4-2;2*3-1-2-4;1-2(3)4;1-3-2/h2-3,6-7,10,20H,1,4-5,8-9H2;1-4,7H,5-6H2;1-5,15H;1-4,10H,5H2;1H,2H3;1-2H3;1-2H2;4H,1-3H2;1H3,(H2,3,4);3H,1-2H2. The molecule has 0 aliphatic carbocycles. The van der Waals surface area contributed by atoms with Gasteiger partial charge in [-0.1, -0.05) is 138 Å². The van der Waals surface area contributed by atoms with E-state index in [4.69, 9.17) is 37.6 Å². The molecule has 0 spiro atoms. The second-order valence-electron chi connectivity index (χ2n) is 16.0. The first-order valence-electron chi connectivity index (χ1n) is 26.0. The number of thiocarbonyl (C=S) groups is 1. The van der Waals surface area contributed by atoms with E-state index in [-0.39, 0.29) is 52.9 Å². The number of aliphatic hydroxyl groups is 2. The Labute approximate surface area is 588 Å². The van der Waals surface area contributed by atoms with E-state index in [2.05, 4.69) is 138 Å². The number of nitrogens with two attached hydrogens (primary N) is 2. The number of aliphatic hydroxyl groups excluding tert-OH is 2. The number of ketones is 1. The molecule has 0 saturated carbocycles. The van der Waals surface area contributed by atoms with Crippen molar-refractivity contribution in [1.29, 1.82) is 0 Å². The number of halogens is 13. The number of para-hydroxylation sites is 4. The van der Waals surface area contributed by atoms with Crippen molar-refractivity contribution in [3.05, 3.63) is 134 Å². The van der Waals surface area contributed by atoms with Crippen molar-refractivity contribution >= 4 is 147 Å². The van der Waals surface area contributed by atoms with Gasteiger partial charge in [-0.2, -0.15) is 39.5 Å². The van der Waals surface area contributed by atoms with Gasteiger partial charge in [0.05, 0.1) is 52.8 Å². The molecule has 0 aliphatic heterocycles. The van der Waals surface area contributed by atoms with Crippen molar-refractivity contribution in [1.82, 2.24) is 15.0 Å². The lowest BCUT2D eigenvalue weighted by Crippen LogP contribution is -2.04. The van der Waals surface area contributed by atoms with Crippen molar-refractivity contribution in [2.75, 3.05) is 54.3 Å². The van der Waals surface area contributed by atoms with Crippen molar-refractivity contribution < 1.29 is 74.2 Å². The topological polar surface area (TPSA) is 207 Å². The summed E-state index contributed by atoms with van der Waals surface area (Å²) in [6.45, 7) is 8.53. The number of phenolic OH excluding ortho intramolecular Hbond substituents is 2. The van der Waals surface area contributed by atoms with Crippen LogP contribution in [0.4, 0.5) is 39.5 Å². The van der Waals surface area contributed by atoms with Crippen LogP contribution in [-0.4, -0.2) is 100 Å². The van der Waals surface area contributed by atoms with Gasteiger partial charge in [0, 0.05) is 62.0 Å². The molecule has 7 aromatic rings. The van der Waals surface area contributed by atoms with Gasteiger partial charge in [-0.25, -0.2) is 15.0 Å². The number of hydrogen-bond donors (Lipinski definition) is 6. The molecule has 0 fully saturated rings. The van der Waals surface area contributed by atoms with Gasteiger partial charge in [0.2, 0.25) is 0 Å². The zero-order valence-corrected chi connectivity index (χ0v) is 62.7. The first kappa shape index (κ1) is 91.9. The van der Waals surface area contributed by atoms with Gasteiger partial charge in [0.25, 0.3) is 0 Å². The number of carbonyl (C=O) groups is 1. The number of hydrogen-bond acceptors (Lipinski definition) is 15. The van der Waals surface area contributed by atoms with Gasteiger partial charge in [-0.05, 0) is 107 Å². The van der Waals surface area contributed by atoms with E-state index in [1.165, 1.54) is 34.3 Å². The van der Waals surface area contributed by atoms with Gasteiger partial charge in [0.15, 0.2) is 20.8 Å². The van der Waals surface area contributed by atoms with Crippen LogP contribution in [0, 0.1) is 36.0 Å². The number of ether oxygens (including phenoxy) is 2. The number of aromatic hydroxyl groups is 2. The molecule has 0 radical (unpaired) electrons. The van der Waals surface area contributed by atoms with Crippen molar-refractivity contribution in [2.45, 2.75) is 65.5 Å². The number of nitrogens with zero attached hydrogens (tertiary/aromatic N) is 3. The van der Waals surface area contributed by atoms with E-state index in [1.807, 2.05) is 13.8 Å². The van der Waals surface area contributed by atoms with Crippen LogP contribution in [0.5, 0.6) is 23.0 Å². The molecule has 12 nitrogen and oxygen atoms in total. The zero-order chi connectivity index (χ0) is 70.6. The molecule has 0 amide bonds. The number of benzene rings is 4. The second-order valence-corrected chi connectivity index (χ2v) is 26.5. The van der Waals surface area contributed by atoms with Crippen LogP contribution < -0.4 is 20.9 Å². The van der Waals surface area contributed by atoms with E-state index in [0.29, 0.717) is 104 Å². The zero-order valence-electron chi connectivity index (χ0n) is 49.7. The molecule has 2 unspecified atom stereocenters. The molecule has 0 aliphatic rings. The highest BCUT2D eigenvalue weighted by Gasteiger charge is 2.36. The third-order valence-corrected chi connectivity index (χ3v) is 14.5. The fourth-order valence-electron chi connectivity index (χ4n) is 5.46. The summed E-state index contributed by atoms with van der Waals surface area (Å²) in [6.07, 6.45) is -6.22. The van der Waals surface area contributed by atoms with Crippen LogP contribution in [0.2, 0.25) is 0 Å².